The first-order chi connectivity index (χ1) is 7.65. The zero-order valence-corrected chi connectivity index (χ0v) is 11.3. The van der Waals surface area contributed by atoms with Gasteiger partial charge >= 0.3 is 0 Å². The van der Waals surface area contributed by atoms with E-state index in [4.69, 9.17) is 0 Å². The summed E-state index contributed by atoms with van der Waals surface area (Å²) in [6.07, 6.45) is 0. The molecule has 2 heterocycles. The quantitative estimate of drug-likeness (QED) is 0.884. The molecule has 0 spiro atoms. The summed E-state index contributed by atoms with van der Waals surface area (Å²) in [4.78, 5) is 11.3. The summed E-state index contributed by atoms with van der Waals surface area (Å²) in [5.74, 6) is 0. The SMILES string of the molecule is CNc1nc(C)c(-c2sc(NC)nc2C)s1. The molecule has 2 N–H and O–H groups in total. The second-order valence-corrected chi connectivity index (χ2v) is 5.37. The Labute approximate surface area is 103 Å². The Balaban J connectivity index is 2.48. The van der Waals surface area contributed by atoms with Crippen molar-refractivity contribution in [3.63, 3.8) is 0 Å². The van der Waals surface area contributed by atoms with Gasteiger partial charge in [0, 0.05) is 14.1 Å². The Morgan fingerprint density at radius 1 is 0.812 bits per heavy atom. The van der Waals surface area contributed by atoms with Crippen LogP contribution in [0.3, 0.4) is 0 Å². The molecule has 0 radical (unpaired) electrons. The van der Waals surface area contributed by atoms with Crippen molar-refractivity contribution in [1.82, 2.24) is 9.97 Å². The molecule has 0 saturated heterocycles. The summed E-state index contributed by atoms with van der Waals surface area (Å²) in [6, 6.07) is 0. The molecule has 16 heavy (non-hydrogen) atoms. The molecule has 0 bridgehead atoms. The van der Waals surface area contributed by atoms with Crippen LogP contribution in [0.4, 0.5) is 10.3 Å². The van der Waals surface area contributed by atoms with Gasteiger partial charge in [0.05, 0.1) is 21.1 Å². The lowest BCUT2D eigenvalue weighted by molar-refractivity contribution is 1.23. The number of anilines is 2. The number of thiazole rings is 2. The molecule has 0 saturated carbocycles. The van der Waals surface area contributed by atoms with Gasteiger partial charge in [0.1, 0.15) is 0 Å². The van der Waals surface area contributed by atoms with Gasteiger partial charge < -0.3 is 10.6 Å². The van der Waals surface area contributed by atoms with Crippen molar-refractivity contribution >= 4 is 32.9 Å². The van der Waals surface area contributed by atoms with Crippen LogP contribution in [-0.4, -0.2) is 24.1 Å². The van der Waals surface area contributed by atoms with E-state index in [1.165, 1.54) is 9.75 Å². The van der Waals surface area contributed by atoms with Crippen molar-refractivity contribution in [3.05, 3.63) is 11.4 Å². The molecule has 0 fully saturated rings. The Morgan fingerprint density at radius 2 is 1.19 bits per heavy atom. The highest BCUT2D eigenvalue weighted by atomic mass is 32.1. The lowest BCUT2D eigenvalue weighted by Crippen LogP contribution is -1.85. The van der Waals surface area contributed by atoms with Gasteiger partial charge in [-0.15, -0.1) is 0 Å². The topological polar surface area (TPSA) is 49.8 Å². The van der Waals surface area contributed by atoms with Crippen molar-refractivity contribution in [2.75, 3.05) is 24.7 Å². The molecule has 2 aromatic heterocycles. The molecule has 0 aliphatic carbocycles. The van der Waals surface area contributed by atoms with Gasteiger partial charge in [-0.05, 0) is 13.8 Å². The maximum atomic E-state index is 4.45. The Hall–Kier alpha value is -1.14. The van der Waals surface area contributed by atoms with Crippen molar-refractivity contribution in [2.45, 2.75) is 13.8 Å². The zero-order valence-electron chi connectivity index (χ0n) is 9.71. The van der Waals surface area contributed by atoms with Crippen molar-refractivity contribution in [2.24, 2.45) is 0 Å². The van der Waals surface area contributed by atoms with Gasteiger partial charge in [-0.25, -0.2) is 9.97 Å². The molecule has 0 amide bonds. The molecule has 2 aromatic rings. The van der Waals surface area contributed by atoms with E-state index < -0.39 is 0 Å². The molecule has 6 heteroatoms. The van der Waals surface area contributed by atoms with Crippen LogP contribution >= 0.6 is 22.7 Å². The van der Waals surface area contributed by atoms with Crippen LogP contribution in [0.1, 0.15) is 11.4 Å². The number of hydrogen-bond acceptors (Lipinski definition) is 6. The van der Waals surface area contributed by atoms with Crippen molar-refractivity contribution < 1.29 is 0 Å². The third-order valence-electron chi connectivity index (χ3n) is 2.23. The normalized spacial score (nSPS) is 10.5. The highest BCUT2D eigenvalue weighted by molar-refractivity contribution is 7.25. The third-order valence-corrected chi connectivity index (χ3v) is 4.74. The Bertz CT molecular complexity index is 455. The van der Waals surface area contributed by atoms with E-state index >= 15 is 0 Å². The van der Waals surface area contributed by atoms with Gasteiger partial charge in [0.2, 0.25) is 0 Å². The molecule has 86 valence electrons. The van der Waals surface area contributed by atoms with Crippen molar-refractivity contribution in [3.8, 4) is 9.75 Å². The first kappa shape index (κ1) is 11.3. The maximum absolute atomic E-state index is 4.45. The highest BCUT2D eigenvalue weighted by Crippen LogP contribution is 2.39. The van der Waals surface area contributed by atoms with Gasteiger partial charge in [-0.3, -0.25) is 0 Å². The number of hydrogen-bond donors (Lipinski definition) is 2. The van der Waals surface area contributed by atoms with Gasteiger partial charge in [0.15, 0.2) is 10.3 Å². The van der Waals surface area contributed by atoms with Crippen LogP contribution in [-0.2, 0) is 0 Å². The largest absolute Gasteiger partial charge is 0.365 e. The van der Waals surface area contributed by atoms with Gasteiger partial charge in [-0.1, -0.05) is 22.7 Å². The average Bonchev–Trinajstić information content (AvgIpc) is 2.81. The lowest BCUT2D eigenvalue weighted by atomic mass is 10.3. The van der Waals surface area contributed by atoms with E-state index in [9.17, 15) is 0 Å². The minimum absolute atomic E-state index is 0.950. The number of aromatic nitrogens is 2. The van der Waals surface area contributed by atoms with E-state index in [0.29, 0.717) is 0 Å². The standard InChI is InChI=1S/C10H14N4S2/c1-5-7(15-9(11-3)13-5)8-6(2)14-10(12-4)16-8/h1-4H3,(H,11,13)(H,12,14). The van der Waals surface area contributed by atoms with E-state index in [-0.39, 0.29) is 0 Å². The predicted octanol–water partition coefficient (Wildman–Crippen LogP) is 2.97. The predicted molar refractivity (Wildman–Crippen MR) is 71.8 cm³/mol. The minimum Gasteiger partial charge on any atom is -0.365 e. The summed E-state index contributed by atoms with van der Waals surface area (Å²) >= 11 is 3.34. The van der Waals surface area contributed by atoms with Gasteiger partial charge in [-0.2, -0.15) is 0 Å². The van der Waals surface area contributed by atoms with Crippen LogP contribution in [0, 0.1) is 13.8 Å². The van der Waals surface area contributed by atoms with E-state index in [1.54, 1.807) is 22.7 Å². The van der Waals surface area contributed by atoms with Crippen LogP contribution < -0.4 is 10.6 Å². The monoisotopic (exact) mass is 254 g/mol. The zero-order chi connectivity index (χ0) is 11.7. The molecule has 4 nitrogen and oxygen atoms in total. The first-order valence-corrected chi connectivity index (χ1v) is 6.59. The van der Waals surface area contributed by atoms with Crippen LogP contribution in [0.15, 0.2) is 0 Å². The summed E-state index contributed by atoms with van der Waals surface area (Å²) in [5.41, 5.74) is 2.12. The average molecular weight is 254 g/mol. The molecule has 0 aliphatic rings. The molecule has 0 aromatic carbocycles. The fourth-order valence-electron chi connectivity index (χ4n) is 1.43. The van der Waals surface area contributed by atoms with E-state index in [1.807, 2.05) is 27.9 Å². The molecular formula is C10H14N4S2. The number of nitrogens with zero attached hydrogens (tertiary/aromatic N) is 2. The summed E-state index contributed by atoms with van der Waals surface area (Å²) in [7, 11) is 3.78. The highest BCUT2D eigenvalue weighted by Gasteiger charge is 2.15. The van der Waals surface area contributed by atoms with Crippen LogP contribution in [0.5, 0.6) is 0 Å². The van der Waals surface area contributed by atoms with Gasteiger partial charge in [0.25, 0.3) is 0 Å². The van der Waals surface area contributed by atoms with Crippen LogP contribution in [0.2, 0.25) is 0 Å². The van der Waals surface area contributed by atoms with Crippen LogP contribution in [0.25, 0.3) is 9.75 Å². The number of aryl methyl sites for hydroxylation is 2. The summed E-state index contributed by atoms with van der Waals surface area (Å²) in [5, 5.41) is 8.05. The first-order valence-electron chi connectivity index (χ1n) is 4.96. The Morgan fingerprint density at radius 3 is 1.44 bits per heavy atom. The van der Waals surface area contributed by atoms with E-state index in [2.05, 4.69) is 20.6 Å². The van der Waals surface area contributed by atoms with E-state index in [0.717, 1.165) is 21.7 Å². The number of nitrogens with one attached hydrogen (secondary N) is 2. The maximum Gasteiger partial charge on any atom is 0.183 e. The molecule has 2 rings (SSSR count). The lowest BCUT2D eigenvalue weighted by Gasteiger charge is -1.93. The smallest absolute Gasteiger partial charge is 0.183 e. The summed E-state index contributed by atoms with van der Waals surface area (Å²) < 4.78 is 0. The molecule has 0 aliphatic heterocycles. The molecular weight excluding hydrogens is 240 g/mol. The summed E-state index contributed by atoms with van der Waals surface area (Å²) in [6.45, 7) is 4.07. The van der Waals surface area contributed by atoms with Crippen molar-refractivity contribution in [1.29, 1.82) is 0 Å². The fourth-order valence-corrected chi connectivity index (χ4v) is 3.50. The molecule has 0 atom stereocenters. The second-order valence-electron chi connectivity index (χ2n) is 3.37. The number of rotatable bonds is 3. The molecule has 0 unspecified atom stereocenters. The second kappa shape index (κ2) is 4.39. The minimum atomic E-state index is 0.950. The third kappa shape index (κ3) is 1.90. The fraction of sp³-hybridized carbons (Fsp3) is 0.400. The Kier molecular flexibility index (Phi) is 3.11.